The molecule has 0 radical (unpaired) electrons. The predicted molar refractivity (Wildman–Crippen MR) is 75.4 cm³/mol. The number of carbonyl (C=O) groups excluding carboxylic acids is 1. The summed E-state index contributed by atoms with van der Waals surface area (Å²) in [4.78, 5) is 14.3. The molecule has 106 valence electrons. The number of carbonyl (C=O) groups is 1. The first-order valence-electron chi connectivity index (χ1n) is 7.14. The normalized spacial score (nSPS) is 23.1. The van der Waals surface area contributed by atoms with Crippen molar-refractivity contribution in [3.05, 3.63) is 0 Å². The molecule has 0 aromatic rings. The van der Waals surface area contributed by atoms with Crippen molar-refractivity contribution in [1.82, 2.24) is 10.2 Å². The summed E-state index contributed by atoms with van der Waals surface area (Å²) in [7, 11) is 0. The molecular weight excluding hydrogens is 226 g/mol. The molecule has 0 spiro atoms. The maximum atomic E-state index is 12.0. The fraction of sp³-hybridized carbons (Fsp3) is 0.929. The molecule has 4 nitrogen and oxygen atoms in total. The van der Waals surface area contributed by atoms with Gasteiger partial charge < -0.3 is 11.1 Å². The van der Waals surface area contributed by atoms with Crippen LogP contribution < -0.4 is 11.1 Å². The van der Waals surface area contributed by atoms with Gasteiger partial charge in [-0.3, -0.25) is 9.69 Å². The lowest BCUT2D eigenvalue weighted by Gasteiger charge is -2.29. The van der Waals surface area contributed by atoms with E-state index < -0.39 is 0 Å². The molecule has 0 aromatic carbocycles. The zero-order chi connectivity index (χ0) is 13.8. The van der Waals surface area contributed by atoms with Gasteiger partial charge in [0.2, 0.25) is 5.91 Å². The van der Waals surface area contributed by atoms with E-state index in [1.165, 1.54) is 12.8 Å². The van der Waals surface area contributed by atoms with Crippen molar-refractivity contribution in [2.75, 3.05) is 13.1 Å². The van der Waals surface area contributed by atoms with Crippen molar-refractivity contribution in [2.24, 2.45) is 5.73 Å². The molecule has 18 heavy (non-hydrogen) atoms. The van der Waals surface area contributed by atoms with E-state index in [0.717, 1.165) is 19.4 Å². The van der Waals surface area contributed by atoms with E-state index >= 15 is 0 Å². The average Bonchev–Trinajstić information content (AvgIpc) is 2.64. The summed E-state index contributed by atoms with van der Waals surface area (Å²) in [5.41, 5.74) is 5.76. The second kappa shape index (κ2) is 6.53. The SMILES string of the molecule is CCC(C)(C)NC(=O)CN1CCCC1CC(C)N. The molecule has 3 N–H and O–H groups in total. The third kappa shape index (κ3) is 4.94. The summed E-state index contributed by atoms with van der Waals surface area (Å²) < 4.78 is 0. The molecule has 1 amide bonds. The van der Waals surface area contributed by atoms with Crippen LogP contribution in [0, 0.1) is 0 Å². The summed E-state index contributed by atoms with van der Waals surface area (Å²) in [5.74, 6) is 0.137. The first kappa shape index (κ1) is 15.4. The number of hydrogen-bond acceptors (Lipinski definition) is 3. The van der Waals surface area contributed by atoms with Crippen LogP contribution in [0.3, 0.4) is 0 Å². The van der Waals surface area contributed by atoms with E-state index in [0.29, 0.717) is 12.6 Å². The molecule has 4 heteroatoms. The van der Waals surface area contributed by atoms with Gasteiger partial charge in [0.05, 0.1) is 6.54 Å². The highest BCUT2D eigenvalue weighted by molar-refractivity contribution is 5.78. The first-order valence-corrected chi connectivity index (χ1v) is 7.14. The summed E-state index contributed by atoms with van der Waals surface area (Å²) in [6.45, 7) is 9.80. The van der Waals surface area contributed by atoms with E-state index in [9.17, 15) is 4.79 Å². The van der Waals surface area contributed by atoms with E-state index in [1.807, 2.05) is 6.92 Å². The van der Waals surface area contributed by atoms with Crippen LogP contribution in [0.25, 0.3) is 0 Å². The number of rotatable bonds is 6. The highest BCUT2D eigenvalue weighted by atomic mass is 16.2. The smallest absolute Gasteiger partial charge is 0.234 e. The molecule has 1 aliphatic heterocycles. The molecule has 0 aliphatic carbocycles. The Balaban J connectivity index is 2.43. The molecular formula is C14H29N3O. The lowest BCUT2D eigenvalue weighted by molar-refractivity contribution is -0.124. The Hall–Kier alpha value is -0.610. The standard InChI is InChI=1S/C14H29N3O/c1-5-14(3,4)16-13(18)10-17-8-6-7-12(17)9-11(2)15/h11-12H,5-10,15H2,1-4H3,(H,16,18). The molecule has 2 unspecified atom stereocenters. The lowest BCUT2D eigenvalue weighted by atomic mass is 10.0. The predicted octanol–water partition coefficient (Wildman–Crippen LogP) is 1.49. The second-order valence-electron chi connectivity index (χ2n) is 6.27. The van der Waals surface area contributed by atoms with Crippen molar-refractivity contribution in [1.29, 1.82) is 0 Å². The minimum atomic E-state index is -0.104. The van der Waals surface area contributed by atoms with Gasteiger partial charge in [-0.1, -0.05) is 6.92 Å². The average molecular weight is 255 g/mol. The van der Waals surface area contributed by atoms with Gasteiger partial charge in [0, 0.05) is 17.6 Å². The van der Waals surface area contributed by atoms with Crippen LogP contribution in [-0.4, -0.2) is 41.5 Å². The molecule has 1 saturated heterocycles. The van der Waals surface area contributed by atoms with E-state index in [2.05, 4.69) is 31.0 Å². The van der Waals surface area contributed by atoms with Crippen LogP contribution in [0.1, 0.15) is 53.4 Å². The van der Waals surface area contributed by atoms with Crippen LogP contribution >= 0.6 is 0 Å². The van der Waals surface area contributed by atoms with E-state index in [-0.39, 0.29) is 17.5 Å². The van der Waals surface area contributed by atoms with Crippen LogP contribution in [0.15, 0.2) is 0 Å². The number of nitrogens with zero attached hydrogens (tertiary/aromatic N) is 1. The van der Waals surface area contributed by atoms with Gasteiger partial charge in [-0.2, -0.15) is 0 Å². The van der Waals surface area contributed by atoms with Crippen LogP contribution in [-0.2, 0) is 4.79 Å². The van der Waals surface area contributed by atoms with Gasteiger partial charge in [0.1, 0.15) is 0 Å². The number of hydrogen-bond donors (Lipinski definition) is 2. The highest BCUT2D eigenvalue weighted by Crippen LogP contribution is 2.20. The monoisotopic (exact) mass is 255 g/mol. The molecule has 0 bridgehead atoms. The Morgan fingerprint density at radius 3 is 2.78 bits per heavy atom. The van der Waals surface area contributed by atoms with Crippen molar-refractivity contribution >= 4 is 5.91 Å². The first-order chi connectivity index (χ1) is 8.34. The number of nitrogens with two attached hydrogens (primary N) is 1. The third-order valence-corrected chi connectivity index (χ3v) is 3.85. The van der Waals surface area contributed by atoms with Crippen LogP contribution in [0.5, 0.6) is 0 Å². The summed E-state index contributed by atoms with van der Waals surface area (Å²) in [6, 6.07) is 0.700. The van der Waals surface area contributed by atoms with Crippen molar-refractivity contribution < 1.29 is 4.79 Å². The zero-order valence-corrected chi connectivity index (χ0v) is 12.3. The third-order valence-electron chi connectivity index (χ3n) is 3.85. The quantitative estimate of drug-likeness (QED) is 0.756. The maximum absolute atomic E-state index is 12.0. The Bertz CT molecular complexity index is 276. The second-order valence-corrected chi connectivity index (χ2v) is 6.27. The van der Waals surface area contributed by atoms with Gasteiger partial charge >= 0.3 is 0 Å². The minimum Gasteiger partial charge on any atom is -0.350 e. The molecule has 1 rings (SSSR count). The van der Waals surface area contributed by atoms with Gasteiger partial charge in [-0.25, -0.2) is 0 Å². The molecule has 1 heterocycles. The topological polar surface area (TPSA) is 58.4 Å². The van der Waals surface area contributed by atoms with Gasteiger partial charge in [0.15, 0.2) is 0 Å². The Labute approximate surface area is 111 Å². The summed E-state index contributed by atoms with van der Waals surface area (Å²) in [5, 5.41) is 3.09. The Morgan fingerprint density at radius 1 is 1.56 bits per heavy atom. The van der Waals surface area contributed by atoms with Gasteiger partial charge in [0.25, 0.3) is 0 Å². The molecule has 2 atom stereocenters. The highest BCUT2D eigenvalue weighted by Gasteiger charge is 2.28. The van der Waals surface area contributed by atoms with Crippen molar-refractivity contribution in [3.63, 3.8) is 0 Å². The summed E-state index contributed by atoms with van der Waals surface area (Å²) >= 11 is 0. The van der Waals surface area contributed by atoms with Gasteiger partial charge in [-0.05, 0) is 53.0 Å². The largest absolute Gasteiger partial charge is 0.350 e. The maximum Gasteiger partial charge on any atom is 0.234 e. The molecule has 0 saturated carbocycles. The number of likely N-dealkylation sites (tertiary alicyclic amines) is 1. The molecule has 1 aliphatic rings. The lowest BCUT2D eigenvalue weighted by Crippen LogP contribution is -2.48. The zero-order valence-electron chi connectivity index (χ0n) is 12.3. The molecule has 0 aromatic heterocycles. The fourth-order valence-electron chi connectivity index (χ4n) is 2.49. The van der Waals surface area contributed by atoms with Gasteiger partial charge in [-0.15, -0.1) is 0 Å². The number of nitrogens with one attached hydrogen (secondary N) is 1. The van der Waals surface area contributed by atoms with E-state index in [1.54, 1.807) is 0 Å². The Kier molecular flexibility index (Phi) is 5.60. The van der Waals surface area contributed by atoms with Crippen LogP contribution in [0.2, 0.25) is 0 Å². The van der Waals surface area contributed by atoms with Crippen molar-refractivity contribution in [2.45, 2.75) is 71.0 Å². The summed E-state index contributed by atoms with van der Waals surface area (Å²) in [6.07, 6.45) is 4.29. The van der Waals surface area contributed by atoms with Crippen molar-refractivity contribution in [3.8, 4) is 0 Å². The number of amides is 1. The Morgan fingerprint density at radius 2 is 2.22 bits per heavy atom. The fourth-order valence-corrected chi connectivity index (χ4v) is 2.49. The van der Waals surface area contributed by atoms with Crippen LogP contribution in [0.4, 0.5) is 0 Å². The van der Waals surface area contributed by atoms with E-state index in [4.69, 9.17) is 5.73 Å². The molecule has 1 fully saturated rings. The minimum absolute atomic E-state index is 0.104.